The Hall–Kier alpha value is -2.33. The number of aryl methyl sites for hydroxylation is 1. The first kappa shape index (κ1) is 19.6. The molecule has 2 N–H and O–H groups in total. The fourth-order valence-corrected chi connectivity index (χ4v) is 6.97. The number of carbonyl (C=O) groups excluding carboxylic acids is 1. The molecule has 4 heteroatoms. The summed E-state index contributed by atoms with van der Waals surface area (Å²) >= 11 is 0. The molecule has 0 aliphatic heterocycles. The van der Waals surface area contributed by atoms with E-state index >= 15 is 0 Å². The van der Waals surface area contributed by atoms with Gasteiger partial charge in [0.2, 0.25) is 0 Å². The minimum absolute atomic E-state index is 0.116. The number of hydrogen-bond acceptors (Lipinski definition) is 4. The first-order valence-corrected chi connectivity index (χ1v) is 11.1. The Labute approximate surface area is 177 Å². The van der Waals surface area contributed by atoms with Gasteiger partial charge in [-0.15, -0.1) is 0 Å². The second-order valence-corrected chi connectivity index (χ2v) is 9.69. The molecule has 0 radical (unpaired) electrons. The summed E-state index contributed by atoms with van der Waals surface area (Å²) in [5.41, 5.74) is 1.41. The molecule has 158 valence electrons. The van der Waals surface area contributed by atoms with Gasteiger partial charge in [0.1, 0.15) is 5.60 Å². The van der Waals surface area contributed by atoms with E-state index in [1.807, 2.05) is 42.5 Å². The number of hydrogen-bond donors (Lipinski definition) is 2. The van der Waals surface area contributed by atoms with Crippen molar-refractivity contribution in [1.82, 2.24) is 0 Å². The summed E-state index contributed by atoms with van der Waals surface area (Å²) < 4.78 is 5.38. The van der Waals surface area contributed by atoms with Gasteiger partial charge in [0.15, 0.2) is 17.3 Å². The van der Waals surface area contributed by atoms with Gasteiger partial charge in [-0.25, -0.2) is 0 Å². The van der Waals surface area contributed by atoms with Gasteiger partial charge in [0.25, 0.3) is 0 Å². The number of fused-ring (bicyclic) bond motifs is 5. The van der Waals surface area contributed by atoms with Crippen molar-refractivity contribution in [2.75, 3.05) is 7.11 Å². The third-order valence-electron chi connectivity index (χ3n) is 8.59. The third-order valence-corrected chi connectivity index (χ3v) is 8.59. The van der Waals surface area contributed by atoms with Crippen LogP contribution in [0.25, 0.3) is 0 Å². The first-order valence-electron chi connectivity index (χ1n) is 11.1. The summed E-state index contributed by atoms with van der Waals surface area (Å²) in [6.07, 6.45) is 5.17. The van der Waals surface area contributed by atoms with E-state index in [0.717, 1.165) is 32.1 Å². The predicted molar refractivity (Wildman–Crippen MR) is 115 cm³/mol. The normalized spacial score (nSPS) is 34.6. The Balaban J connectivity index is 1.49. The van der Waals surface area contributed by atoms with Crippen molar-refractivity contribution in [2.45, 2.75) is 57.0 Å². The number of benzene rings is 2. The summed E-state index contributed by atoms with van der Waals surface area (Å²) in [7, 11) is 1.59. The van der Waals surface area contributed by atoms with Crippen LogP contribution in [0, 0.1) is 17.3 Å². The number of aliphatic hydroxyl groups is 1. The van der Waals surface area contributed by atoms with Crippen molar-refractivity contribution in [3.05, 3.63) is 59.2 Å². The minimum Gasteiger partial charge on any atom is -0.504 e. The maximum atomic E-state index is 13.4. The van der Waals surface area contributed by atoms with Crippen molar-refractivity contribution < 1.29 is 19.7 Å². The quantitative estimate of drug-likeness (QED) is 0.714. The fourth-order valence-electron chi connectivity index (χ4n) is 6.97. The Morgan fingerprint density at radius 2 is 1.87 bits per heavy atom. The lowest BCUT2D eigenvalue weighted by atomic mass is 9.52. The molecule has 0 amide bonds. The van der Waals surface area contributed by atoms with Crippen LogP contribution in [0.4, 0.5) is 0 Å². The number of aromatic hydroxyl groups is 1. The molecule has 0 unspecified atom stereocenters. The molecular weight excluding hydrogens is 376 g/mol. The van der Waals surface area contributed by atoms with Crippen LogP contribution in [0.1, 0.15) is 66.4 Å². The van der Waals surface area contributed by atoms with Crippen LogP contribution in [-0.2, 0) is 6.42 Å². The highest BCUT2D eigenvalue weighted by Crippen LogP contribution is 2.65. The highest BCUT2D eigenvalue weighted by molar-refractivity contribution is 6.03. The SMILES string of the molecule is COc1cc2c(cc1O)CC[C@@H]1[C@@H]2CC[C@@]2(C)[C@H]1CC[C@]2(O)C(=O)c1ccccc1. The van der Waals surface area contributed by atoms with E-state index in [9.17, 15) is 15.0 Å². The molecule has 0 bridgehead atoms. The number of rotatable bonds is 3. The Kier molecular flexibility index (Phi) is 4.48. The Bertz CT molecular complexity index is 984. The van der Waals surface area contributed by atoms with Crippen molar-refractivity contribution in [3.8, 4) is 11.5 Å². The maximum Gasteiger partial charge on any atom is 0.194 e. The number of Topliss-reactive ketones (excluding diaryl/α,β-unsaturated/α-hetero) is 1. The average molecular weight is 407 g/mol. The summed E-state index contributed by atoms with van der Waals surface area (Å²) in [4.78, 5) is 13.4. The lowest BCUT2D eigenvalue weighted by Crippen LogP contribution is -2.55. The number of ether oxygens (including phenoxy) is 1. The number of methoxy groups -OCH3 is 1. The number of carbonyl (C=O) groups is 1. The van der Waals surface area contributed by atoms with Gasteiger partial charge in [-0.2, -0.15) is 0 Å². The summed E-state index contributed by atoms with van der Waals surface area (Å²) in [6.45, 7) is 2.15. The third kappa shape index (κ3) is 2.59. The molecule has 2 fully saturated rings. The molecular formula is C26H30O4. The largest absolute Gasteiger partial charge is 0.504 e. The van der Waals surface area contributed by atoms with Crippen LogP contribution in [-0.4, -0.2) is 28.7 Å². The van der Waals surface area contributed by atoms with Gasteiger partial charge >= 0.3 is 0 Å². The molecule has 5 atom stereocenters. The standard InChI is InChI=1S/C26H30O4/c1-25-12-10-18-19(9-8-17-14-22(27)23(30-2)15-20(17)18)21(25)11-13-26(25,29)24(28)16-6-4-3-5-7-16/h3-7,14-15,18-19,21,27,29H,8-13H2,1-2H3/t18-,19+,21-,25-,26-/m0/s1. The predicted octanol–water partition coefficient (Wildman–Crippen LogP) is 4.87. The zero-order valence-corrected chi connectivity index (χ0v) is 17.7. The van der Waals surface area contributed by atoms with E-state index in [1.165, 1.54) is 11.1 Å². The molecule has 0 aromatic heterocycles. The van der Waals surface area contributed by atoms with E-state index in [1.54, 1.807) is 7.11 Å². The van der Waals surface area contributed by atoms with Crippen molar-refractivity contribution in [3.63, 3.8) is 0 Å². The summed E-state index contributed by atoms with van der Waals surface area (Å²) in [5.74, 6) is 1.79. The first-order chi connectivity index (χ1) is 14.4. The smallest absolute Gasteiger partial charge is 0.194 e. The van der Waals surface area contributed by atoms with Crippen LogP contribution in [0.5, 0.6) is 11.5 Å². The van der Waals surface area contributed by atoms with Gasteiger partial charge in [-0.05, 0) is 79.5 Å². The van der Waals surface area contributed by atoms with E-state index in [2.05, 4.69) is 6.92 Å². The topological polar surface area (TPSA) is 66.8 Å². The molecule has 2 aromatic carbocycles. The van der Waals surface area contributed by atoms with E-state index in [-0.39, 0.29) is 11.5 Å². The highest BCUT2D eigenvalue weighted by atomic mass is 16.5. The number of ketones is 1. The van der Waals surface area contributed by atoms with Crippen molar-refractivity contribution in [1.29, 1.82) is 0 Å². The van der Waals surface area contributed by atoms with E-state index in [4.69, 9.17) is 4.74 Å². The molecule has 5 rings (SSSR count). The van der Waals surface area contributed by atoms with Crippen molar-refractivity contribution in [2.24, 2.45) is 17.3 Å². The van der Waals surface area contributed by atoms with Gasteiger partial charge < -0.3 is 14.9 Å². The lowest BCUT2D eigenvalue weighted by molar-refractivity contribution is -0.0773. The van der Waals surface area contributed by atoms with E-state index in [0.29, 0.717) is 35.5 Å². The van der Waals surface area contributed by atoms with Crippen LogP contribution in [0.3, 0.4) is 0 Å². The maximum absolute atomic E-state index is 13.4. The zero-order valence-electron chi connectivity index (χ0n) is 17.7. The Morgan fingerprint density at radius 1 is 1.10 bits per heavy atom. The van der Waals surface area contributed by atoms with Gasteiger partial charge in [-0.3, -0.25) is 4.79 Å². The van der Waals surface area contributed by atoms with Gasteiger partial charge in [-0.1, -0.05) is 37.3 Å². The molecule has 0 saturated heterocycles. The van der Waals surface area contributed by atoms with Crippen LogP contribution >= 0.6 is 0 Å². The van der Waals surface area contributed by atoms with Gasteiger partial charge in [0, 0.05) is 11.0 Å². The molecule has 0 spiro atoms. The van der Waals surface area contributed by atoms with Crippen LogP contribution in [0.15, 0.2) is 42.5 Å². The molecule has 2 saturated carbocycles. The van der Waals surface area contributed by atoms with Crippen LogP contribution < -0.4 is 4.74 Å². The van der Waals surface area contributed by atoms with Crippen LogP contribution in [0.2, 0.25) is 0 Å². The molecule has 4 nitrogen and oxygen atoms in total. The van der Waals surface area contributed by atoms with E-state index < -0.39 is 11.0 Å². The minimum atomic E-state index is -1.29. The molecule has 30 heavy (non-hydrogen) atoms. The summed E-state index contributed by atoms with van der Waals surface area (Å²) in [6, 6.07) is 13.1. The zero-order chi connectivity index (χ0) is 21.1. The molecule has 2 aromatic rings. The second kappa shape index (κ2) is 6.84. The number of phenolic OH excluding ortho intramolecular Hbond substituents is 1. The molecule has 0 heterocycles. The van der Waals surface area contributed by atoms with Gasteiger partial charge in [0.05, 0.1) is 7.11 Å². The lowest BCUT2D eigenvalue weighted by Gasteiger charge is -2.52. The fraction of sp³-hybridized carbons (Fsp3) is 0.500. The Morgan fingerprint density at radius 3 is 2.60 bits per heavy atom. The highest BCUT2D eigenvalue weighted by Gasteiger charge is 2.64. The molecule has 3 aliphatic rings. The monoisotopic (exact) mass is 406 g/mol. The average Bonchev–Trinajstić information content (AvgIpc) is 3.05. The second-order valence-electron chi connectivity index (χ2n) is 9.69. The molecule has 3 aliphatic carbocycles. The van der Waals surface area contributed by atoms with Crippen molar-refractivity contribution >= 4 is 5.78 Å². The number of phenols is 1. The summed E-state index contributed by atoms with van der Waals surface area (Å²) in [5, 5.41) is 22.0.